The molecule has 0 aliphatic rings. The van der Waals surface area contributed by atoms with Gasteiger partial charge in [0.05, 0.1) is 6.61 Å². The highest BCUT2D eigenvalue weighted by molar-refractivity contribution is 6.43. The standard InChI is InChI=1S/C16H18N4O3/c1-10(2)9-22-15-16(20-8-7-19-15)23-12-5-3-11(4-6-12)13(21)14(17)18/h3-8,10H,9H2,1-2H3,(H3,17,18). The normalized spacial score (nSPS) is 10.4. The molecule has 0 saturated heterocycles. The molecule has 0 fully saturated rings. The summed E-state index contributed by atoms with van der Waals surface area (Å²) in [5.41, 5.74) is 5.49. The predicted octanol–water partition coefficient (Wildman–Crippen LogP) is 2.42. The molecule has 0 aliphatic heterocycles. The number of nitrogens with one attached hydrogen (secondary N) is 1. The Kier molecular flexibility index (Phi) is 5.24. The molecule has 0 spiro atoms. The van der Waals surface area contributed by atoms with Crippen LogP contribution in [0.5, 0.6) is 17.5 Å². The minimum absolute atomic E-state index is 0.249. The van der Waals surface area contributed by atoms with Gasteiger partial charge in [0.25, 0.3) is 11.8 Å². The molecule has 0 amide bonds. The molecule has 23 heavy (non-hydrogen) atoms. The molecule has 1 heterocycles. The molecular weight excluding hydrogens is 296 g/mol. The Morgan fingerprint density at radius 2 is 1.78 bits per heavy atom. The number of hydrogen-bond acceptors (Lipinski definition) is 6. The van der Waals surface area contributed by atoms with Crippen molar-refractivity contribution < 1.29 is 14.3 Å². The molecule has 0 atom stereocenters. The predicted molar refractivity (Wildman–Crippen MR) is 85.1 cm³/mol. The Balaban J connectivity index is 2.13. The molecule has 7 heteroatoms. The highest BCUT2D eigenvalue weighted by Gasteiger charge is 2.12. The second-order valence-electron chi connectivity index (χ2n) is 5.24. The van der Waals surface area contributed by atoms with E-state index in [1.807, 2.05) is 13.8 Å². The smallest absolute Gasteiger partial charge is 0.283 e. The van der Waals surface area contributed by atoms with E-state index in [-0.39, 0.29) is 5.88 Å². The quantitative estimate of drug-likeness (QED) is 0.461. The molecule has 0 bridgehead atoms. The first-order chi connectivity index (χ1) is 11.0. The van der Waals surface area contributed by atoms with Crippen LogP contribution >= 0.6 is 0 Å². The molecule has 1 aromatic carbocycles. The summed E-state index contributed by atoms with van der Waals surface area (Å²) in [6.45, 7) is 4.56. The third-order valence-electron chi connectivity index (χ3n) is 2.76. The fourth-order valence-corrected chi connectivity index (χ4v) is 1.67. The largest absolute Gasteiger partial charge is 0.474 e. The number of nitrogens with zero attached hydrogens (tertiary/aromatic N) is 2. The van der Waals surface area contributed by atoms with Crippen LogP contribution in [0.25, 0.3) is 0 Å². The summed E-state index contributed by atoms with van der Waals surface area (Å²) in [5.74, 6) is 0.347. The number of carbonyl (C=O) groups excluding carboxylic acids is 1. The van der Waals surface area contributed by atoms with Gasteiger partial charge in [0.15, 0.2) is 5.84 Å². The SMILES string of the molecule is CC(C)COc1nccnc1Oc1ccc(C(=O)C(=N)N)cc1. The zero-order chi connectivity index (χ0) is 16.8. The van der Waals surface area contributed by atoms with E-state index < -0.39 is 11.6 Å². The molecule has 3 N–H and O–H groups in total. The van der Waals surface area contributed by atoms with Crippen LogP contribution in [-0.4, -0.2) is 28.2 Å². The Bertz CT molecular complexity index is 699. The topological polar surface area (TPSA) is 111 Å². The van der Waals surface area contributed by atoms with Gasteiger partial charge in [-0.3, -0.25) is 10.2 Å². The van der Waals surface area contributed by atoms with E-state index in [4.69, 9.17) is 20.6 Å². The van der Waals surface area contributed by atoms with E-state index in [1.54, 1.807) is 12.1 Å². The molecule has 0 aliphatic carbocycles. The molecular formula is C16H18N4O3. The van der Waals surface area contributed by atoms with Crippen molar-refractivity contribution in [2.45, 2.75) is 13.8 Å². The number of amidine groups is 1. The van der Waals surface area contributed by atoms with Crippen LogP contribution in [0.15, 0.2) is 36.7 Å². The first kappa shape index (κ1) is 16.4. The highest BCUT2D eigenvalue weighted by atomic mass is 16.5. The summed E-state index contributed by atoms with van der Waals surface area (Å²) in [6, 6.07) is 6.25. The minimum Gasteiger partial charge on any atom is -0.474 e. The van der Waals surface area contributed by atoms with Gasteiger partial charge in [0, 0.05) is 18.0 Å². The van der Waals surface area contributed by atoms with Crippen molar-refractivity contribution in [2.24, 2.45) is 11.7 Å². The average Bonchev–Trinajstić information content (AvgIpc) is 2.54. The van der Waals surface area contributed by atoms with Gasteiger partial charge in [-0.1, -0.05) is 13.8 Å². The summed E-state index contributed by atoms with van der Waals surface area (Å²) in [5, 5.41) is 7.14. The van der Waals surface area contributed by atoms with E-state index in [0.29, 0.717) is 29.7 Å². The van der Waals surface area contributed by atoms with Crippen molar-refractivity contribution >= 4 is 11.6 Å². The Labute approximate surface area is 134 Å². The number of nitrogens with two attached hydrogens (primary N) is 1. The number of carbonyl (C=O) groups is 1. The van der Waals surface area contributed by atoms with Crippen molar-refractivity contribution in [3.05, 3.63) is 42.2 Å². The van der Waals surface area contributed by atoms with Gasteiger partial charge >= 0.3 is 0 Å². The van der Waals surface area contributed by atoms with E-state index in [1.165, 1.54) is 24.5 Å². The van der Waals surface area contributed by atoms with Gasteiger partial charge in [-0.15, -0.1) is 0 Å². The second kappa shape index (κ2) is 7.35. The lowest BCUT2D eigenvalue weighted by atomic mass is 10.1. The van der Waals surface area contributed by atoms with Crippen molar-refractivity contribution in [3.8, 4) is 17.5 Å². The number of ketones is 1. The van der Waals surface area contributed by atoms with Crippen LogP contribution < -0.4 is 15.2 Å². The zero-order valence-corrected chi connectivity index (χ0v) is 12.9. The molecule has 2 rings (SSSR count). The summed E-state index contributed by atoms with van der Waals surface area (Å²) in [7, 11) is 0. The summed E-state index contributed by atoms with van der Waals surface area (Å²) in [6.07, 6.45) is 3.03. The maximum atomic E-state index is 11.6. The monoisotopic (exact) mass is 314 g/mol. The van der Waals surface area contributed by atoms with Crippen molar-refractivity contribution in [1.82, 2.24) is 9.97 Å². The van der Waals surface area contributed by atoms with Crippen LogP contribution in [0.3, 0.4) is 0 Å². The zero-order valence-electron chi connectivity index (χ0n) is 12.9. The molecule has 1 aromatic heterocycles. The molecule has 120 valence electrons. The number of Topliss-reactive ketones (excluding diaryl/α,β-unsaturated/α-hetero) is 1. The molecule has 0 saturated carbocycles. The van der Waals surface area contributed by atoms with E-state index in [0.717, 1.165) is 0 Å². The third kappa shape index (κ3) is 4.50. The van der Waals surface area contributed by atoms with Crippen LogP contribution in [-0.2, 0) is 0 Å². The van der Waals surface area contributed by atoms with Gasteiger partial charge in [-0.25, -0.2) is 9.97 Å². The molecule has 0 radical (unpaired) electrons. The number of rotatable bonds is 7. The molecule has 2 aromatic rings. The van der Waals surface area contributed by atoms with E-state index in [2.05, 4.69) is 9.97 Å². The number of aromatic nitrogens is 2. The fraction of sp³-hybridized carbons (Fsp3) is 0.250. The average molecular weight is 314 g/mol. The lowest BCUT2D eigenvalue weighted by Gasteiger charge is -2.11. The van der Waals surface area contributed by atoms with Crippen LogP contribution in [0.4, 0.5) is 0 Å². The fourth-order valence-electron chi connectivity index (χ4n) is 1.67. The summed E-state index contributed by atoms with van der Waals surface area (Å²) < 4.78 is 11.2. The van der Waals surface area contributed by atoms with Crippen molar-refractivity contribution in [1.29, 1.82) is 5.41 Å². The van der Waals surface area contributed by atoms with Crippen LogP contribution in [0.1, 0.15) is 24.2 Å². The van der Waals surface area contributed by atoms with Gasteiger partial charge < -0.3 is 15.2 Å². The molecule has 7 nitrogen and oxygen atoms in total. The maximum absolute atomic E-state index is 11.6. The Hall–Kier alpha value is -2.96. The maximum Gasteiger partial charge on any atom is 0.283 e. The van der Waals surface area contributed by atoms with Crippen molar-refractivity contribution in [3.63, 3.8) is 0 Å². The first-order valence-electron chi connectivity index (χ1n) is 7.08. The second-order valence-corrected chi connectivity index (χ2v) is 5.24. The minimum atomic E-state index is -0.531. The number of ether oxygens (including phenoxy) is 2. The van der Waals surface area contributed by atoms with Crippen LogP contribution in [0, 0.1) is 11.3 Å². The van der Waals surface area contributed by atoms with Gasteiger partial charge in [0.2, 0.25) is 5.78 Å². The number of benzene rings is 1. The summed E-state index contributed by atoms with van der Waals surface area (Å²) in [4.78, 5) is 19.8. The molecule has 0 unspecified atom stereocenters. The van der Waals surface area contributed by atoms with Gasteiger partial charge in [0.1, 0.15) is 5.75 Å². The van der Waals surface area contributed by atoms with Crippen molar-refractivity contribution in [2.75, 3.05) is 6.61 Å². The van der Waals surface area contributed by atoms with Gasteiger partial charge in [-0.2, -0.15) is 0 Å². The Morgan fingerprint density at radius 1 is 1.17 bits per heavy atom. The number of hydrogen-bond donors (Lipinski definition) is 2. The highest BCUT2D eigenvalue weighted by Crippen LogP contribution is 2.27. The lowest BCUT2D eigenvalue weighted by Crippen LogP contribution is -2.22. The van der Waals surface area contributed by atoms with Crippen LogP contribution in [0.2, 0.25) is 0 Å². The van der Waals surface area contributed by atoms with E-state index >= 15 is 0 Å². The van der Waals surface area contributed by atoms with E-state index in [9.17, 15) is 4.79 Å². The first-order valence-corrected chi connectivity index (χ1v) is 7.08. The lowest BCUT2D eigenvalue weighted by molar-refractivity contribution is 0.106. The summed E-state index contributed by atoms with van der Waals surface area (Å²) >= 11 is 0. The Morgan fingerprint density at radius 3 is 2.35 bits per heavy atom. The van der Waals surface area contributed by atoms with Gasteiger partial charge in [-0.05, 0) is 30.2 Å². The third-order valence-corrected chi connectivity index (χ3v) is 2.76.